The lowest BCUT2D eigenvalue weighted by Crippen LogP contribution is -2.20. The van der Waals surface area contributed by atoms with Crippen LogP contribution in [0.2, 0.25) is 10.0 Å². The highest BCUT2D eigenvalue weighted by molar-refractivity contribution is 6.36. The van der Waals surface area contributed by atoms with Crippen LogP contribution in [0.5, 0.6) is 0 Å². The molecule has 2 aromatic rings. The second-order valence-corrected chi connectivity index (χ2v) is 5.29. The minimum absolute atomic E-state index is 0.307. The second-order valence-electron chi connectivity index (χ2n) is 4.48. The van der Waals surface area contributed by atoms with Crippen molar-refractivity contribution in [3.63, 3.8) is 0 Å². The molecule has 1 nitrogen and oxygen atoms in total. The van der Waals surface area contributed by atoms with E-state index in [1.54, 1.807) is 32.2 Å². The molecule has 5 heteroatoms. The number of hydrogen-bond donors (Lipinski definition) is 1. The number of rotatable bonds is 3. The number of halogens is 4. The highest BCUT2D eigenvalue weighted by Crippen LogP contribution is 2.35. The first-order chi connectivity index (χ1) is 9.45. The van der Waals surface area contributed by atoms with Gasteiger partial charge in [-0.3, -0.25) is 0 Å². The average molecular weight is 316 g/mol. The topological polar surface area (TPSA) is 12.0 Å². The molecule has 0 aliphatic carbocycles. The summed E-state index contributed by atoms with van der Waals surface area (Å²) in [4.78, 5) is 0. The Kier molecular flexibility index (Phi) is 4.63. The fourth-order valence-corrected chi connectivity index (χ4v) is 2.76. The normalized spacial score (nSPS) is 12.5. The minimum atomic E-state index is -0.636. The molecule has 0 aromatic heterocycles. The van der Waals surface area contributed by atoms with Crippen molar-refractivity contribution < 1.29 is 8.78 Å². The number of aryl methyl sites for hydroxylation is 1. The quantitative estimate of drug-likeness (QED) is 0.850. The second kappa shape index (κ2) is 6.08. The maximum Gasteiger partial charge on any atom is 0.131 e. The van der Waals surface area contributed by atoms with Gasteiger partial charge in [-0.15, -0.1) is 0 Å². The third-order valence-electron chi connectivity index (χ3n) is 3.17. The summed E-state index contributed by atoms with van der Waals surface area (Å²) < 4.78 is 27.4. The molecule has 1 atom stereocenters. The molecule has 0 saturated heterocycles. The maximum absolute atomic E-state index is 14.1. The summed E-state index contributed by atoms with van der Waals surface area (Å²) in [6.45, 7) is 1.58. The Morgan fingerprint density at radius 2 is 1.65 bits per heavy atom. The van der Waals surface area contributed by atoms with Crippen molar-refractivity contribution in [3.05, 3.63) is 68.7 Å². The first-order valence-corrected chi connectivity index (χ1v) is 6.78. The van der Waals surface area contributed by atoms with E-state index < -0.39 is 17.7 Å². The van der Waals surface area contributed by atoms with Gasteiger partial charge < -0.3 is 5.32 Å². The van der Waals surface area contributed by atoms with Crippen LogP contribution in [0.3, 0.4) is 0 Å². The van der Waals surface area contributed by atoms with Crippen LogP contribution in [0.4, 0.5) is 8.78 Å². The van der Waals surface area contributed by atoms with Gasteiger partial charge in [0.1, 0.15) is 11.6 Å². The van der Waals surface area contributed by atoms with Crippen LogP contribution < -0.4 is 5.32 Å². The van der Waals surface area contributed by atoms with Gasteiger partial charge in [-0.05, 0) is 37.7 Å². The monoisotopic (exact) mass is 315 g/mol. The summed E-state index contributed by atoms with van der Waals surface area (Å²) in [5, 5.41) is 3.83. The van der Waals surface area contributed by atoms with Gasteiger partial charge in [-0.1, -0.05) is 29.3 Å². The average Bonchev–Trinajstić information content (AvgIpc) is 2.39. The van der Waals surface area contributed by atoms with Crippen molar-refractivity contribution in [1.82, 2.24) is 5.32 Å². The first-order valence-electron chi connectivity index (χ1n) is 6.02. The van der Waals surface area contributed by atoms with Gasteiger partial charge in [0.05, 0.1) is 6.04 Å². The lowest BCUT2D eigenvalue weighted by Gasteiger charge is -2.21. The Balaban J connectivity index is 2.62. The van der Waals surface area contributed by atoms with Crippen molar-refractivity contribution >= 4 is 23.2 Å². The van der Waals surface area contributed by atoms with Crippen molar-refractivity contribution in [1.29, 1.82) is 0 Å². The molecule has 2 aromatic carbocycles. The summed E-state index contributed by atoms with van der Waals surface area (Å²) in [7, 11) is 1.67. The standard InChI is InChI=1S/C15H13Cl2F2N/c1-8-6-9(13(19)7-12(8)18)15(20-2)14-10(16)4-3-5-11(14)17/h3-7,15,20H,1-2H3. The third-order valence-corrected chi connectivity index (χ3v) is 3.83. The smallest absolute Gasteiger partial charge is 0.131 e. The molecule has 0 amide bonds. The summed E-state index contributed by atoms with van der Waals surface area (Å²) in [5.74, 6) is -1.21. The van der Waals surface area contributed by atoms with E-state index in [1.807, 2.05) is 0 Å². The molecule has 0 saturated carbocycles. The molecule has 0 bridgehead atoms. The Hall–Kier alpha value is -1.16. The molecule has 0 spiro atoms. The van der Waals surface area contributed by atoms with E-state index in [0.717, 1.165) is 6.07 Å². The number of hydrogen-bond acceptors (Lipinski definition) is 1. The minimum Gasteiger partial charge on any atom is -0.309 e. The Morgan fingerprint density at radius 1 is 1.05 bits per heavy atom. The Morgan fingerprint density at radius 3 is 2.20 bits per heavy atom. The predicted molar refractivity (Wildman–Crippen MR) is 78.5 cm³/mol. The molecular weight excluding hydrogens is 303 g/mol. The summed E-state index contributed by atoms with van der Waals surface area (Å²) in [6, 6.07) is 6.87. The molecule has 0 fully saturated rings. The van der Waals surface area contributed by atoms with E-state index >= 15 is 0 Å². The van der Waals surface area contributed by atoms with E-state index in [2.05, 4.69) is 5.32 Å². The van der Waals surface area contributed by atoms with Crippen LogP contribution in [-0.4, -0.2) is 7.05 Å². The van der Waals surface area contributed by atoms with Gasteiger partial charge in [0.2, 0.25) is 0 Å². The van der Waals surface area contributed by atoms with Crippen molar-refractivity contribution in [2.75, 3.05) is 7.05 Å². The van der Waals surface area contributed by atoms with Crippen LogP contribution in [0.15, 0.2) is 30.3 Å². The maximum atomic E-state index is 14.1. The van der Waals surface area contributed by atoms with Gasteiger partial charge >= 0.3 is 0 Å². The van der Waals surface area contributed by atoms with Gasteiger partial charge in [-0.2, -0.15) is 0 Å². The Bertz CT molecular complexity index is 624. The molecule has 1 N–H and O–H groups in total. The zero-order chi connectivity index (χ0) is 14.9. The van der Waals surface area contributed by atoms with Gasteiger partial charge in [0.25, 0.3) is 0 Å². The molecule has 2 rings (SSSR count). The first kappa shape index (κ1) is 15.2. The zero-order valence-electron chi connectivity index (χ0n) is 11.0. The summed E-state index contributed by atoms with van der Waals surface area (Å²) in [5.41, 5.74) is 1.24. The molecule has 0 radical (unpaired) electrons. The molecule has 1 unspecified atom stereocenters. The number of benzene rings is 2. The molecule has 0 aliphatic heterocycles. The van der Waals surface area contributed by atoms with Crippen LogP contribution in [0.25, 0.3) is 0 Å². The van der Waals surface area contributed by atoms with E-state index in [1.165, 1.54) is 6.07 Å². The summed E-state index contributed by atoms with van der Waals surface area (Å²) >= 11 is 12.3. The van der Waals surface area contributed by atoms with Gasteiger partial charge in [-0.25, -0.2) is 8.78 Å². The van der Waals surface area contributed by atoms with Crippen molar-refractivity contribution in [3.8, 4) is 0 Å². The highest BCUT2D eigenvalue weighted by Gasteiger charge is 2.22. The summed E-state index contributed by atoms with van der Waals surface area (Å²) in [6.07, 6.45) is 0. The van der Waals surface area contributed by atoms with Crippen LogP contribution in [0, 0.1) is 18.6 Å². The van der Waals surface area contributed by atoms with E-state index in [9.17, 15) is 8.78 Å². The Labute approximate surface area is 126 Å². The van der Waals surface area contributed by atoms with Crippen molar-refractivity contribution in [2.24, 2.45) is 0 Å². The van der Waals surface area contributed by atoms with E-state index in [-0.39, 0.29) is 0 Å². The van der Waals surface area contributed by atoms with Gasteiger partial charge in [0.15, 0.2) is 0 Å². The third kappa shape index (κ3) is 2.80. The van der Waals surface area contributed by atoms with Crippen molar-refractivity contribution in [2.45, 2.75) is 13.0 Å². The SMILES string of the molecule is CNC(c1cc(C)c(F)cc1F)c1c(Cl)cccc1Cl. The lowest BCUT2D eigenvalue weighted by atomic mass is 9.96. The van der Waals surface area contributed by atoms with Crippen LogP contribution >= 0.6 is 23.2 Å². The highest BCUT2D eigenvalue weighted by atomic mass is 35.5. The molecule has 0 heterocycles. The molecule has 20 heavy (non-hydrogen) atoms. The van der Waals surface area contributed by atoms with Gasteiger partial charge in [0, 0.05) is 27.2 Å². The fourth-order valence-electron chi connectivity index (χ4n) is 2.14. The van der Waals surface area contributed by atoms with E-state index in [4.69, 9.17) is 23.2 Å². The van der Waals surface area contributed by atoms with Crippen LogP contribution in [0.1, 0.15) is 22.7 Å². The molecule has 106 valence electrons. The fraction of sp³-hybridized carbons (Fsp3) is 0.200. The zero-order valence-corrected chi connectivity index (χ0v) is 12.5. The van der Waals surface area contributed by atoms with E-state index in [0.29, 0.717) is 26.7 Å². The molecule has 0 aliphatic rings. The number of nitrogens with one attached hydrogen (secondary N) is 1. The van der Waals surface area contributed by atoms with Crippen LogP contribution in [-0.2, 0) is 0 Å². The molecular formula is C15H13Cl2F2N. The predicted octanol–water partition coefficient (Wildman–Crippen LogP) is 4.89. The lowest BCUT2D eigenvalue weighted by molar-refractivity contribution is 0.547. The largest absolute Gasteiger partial charge is 0.309 e.